The first-order valence-corrected chi connectivity index (χ1v) is 14.6. The standard InChI is InChI=1S/C29H20N8S3/c1-31-28(39-26(30)22-12-6-10-20(34-22)18-8-2-4-16-32-18)24-14-15-25(38-24)29-37-36-27(40-29)23-13-7-11-21(35-23)19-9-3-5-17-33-19/h2-17,30H,1H3. The van der Waals surface area contributed by atoms with E-state index in [0.717, 1.165) is 53.3 Å². The van der Waals surface area contributed by atoms with Crippen LogP contribution in [0.25, 0.3) is 43.4 Å². The van der Waals surface area contributed by atoms with E-state index >= 15 is 0 Å². The lowest BCUT2D eigenvalue weighted by Crippen LogP contribution is -2.04. The van der Waals surface area contributed by atoms with Crippen LogP contribution in [0.5, 0.6) is 0 Å². The molecule has 0 atom stereocenters. The number of pyridine rings is 4. The van der Waals surface area contributed by atoms with Crippen molar-refractivity contribution in [3.8, 4) is 43.4 Å². The van der Waals surface area contributed by atoms with E-state index in [1.807, 2.05) is 84.9 Å². The highest BCUT2D eigenvalue weighted by Gasteiger charge is 2.17. The molecule has 6 aromatic rings. The zero-order valence-electron chi connectivity index (χ0n) is 21.1. The van der Waals surface area contributed by atoms with Crippen molar-refractivity contribution in [1.82, 2.24) is 30.1 Å². The summed E-state index contributed by atoms with van der Waals surface area (Å²) in [5, 5.41) is 20.1. The average molecular weight is 577 g/mol. The first-order chi connectivity index (χ1) is 19.7. The third kappa shape index (κ3) is 5.62. The molecule has 0 radical (unpaired) electrons. The first-order valence-electron chi connectivity index (χ1n) is 12.1. The molecular formula is C29H20N8S3. The van der Waals surface area contributed by atoms with Crippen LogP contribution < -0.4 is 0 Å². The number of aliphatic imine (C=N–C) groups is 1. The lowest BCUT2D eigenvalue weighted by molar-refractivity contribution is 1.09. The predicted octanol–water partition coefficient (Wildman–Crippen LogP) is 6.98. The van der Waals surface area contributed by atoms with Crippen molar-refractivity contribution in [2.45, 2.75) is 0 Å². The zero-order chi connectivity index (χ0) is 27.3. The first kappa shape index (κ1) is 25.8. The number of nitrogens with one attached hydrogen (secondary N) is 1. The summed E-state index contributed by atoms with van der Waals surface area (Å²) in [5.41, 5.74) is 4.42. The summed E-state index contributed by atoms with van der Waals surface area (Å²) in [6, 6.07) is 26.9. The van der Waals surface area contributed by atoms with Gasteiger partial charge in [-0.3, -0.25) is 20.4 Å². The van der Waals surface area contributed by atoms with Crippen LogP contribution in [0, 0.1) is 5.41 Å². The molecule has 0 aliphatic carbocycles. The second-order valence-electron chi connectivity index (χ2n) is 8.28. The number of nitrogens with zero attached hydrogens (tertiary/aromatic N) is 7. The van der Waals surface area contributed by atoms with Gasteiger partial charge in [-0.2, -0.15) is 0 Å². The highest BCUT2D eigenvalue weighted by Crippen LogP contribution is 2.35. The van der Waals surface area contributed by atoms with Crippen LogP contribution in [0.3, 0.4) is 0 Å². The third-order valence-electron chi connectivity index (χ3n) is 5.66. The highest BCUT2D eigenvalue weighted by molar-refractivity contribution is 8.27. The molecule has 0 aliphatic heterocycles. The maximum atomic E-state index is 8.69. The number of rotatable bonds is 6. The summed E-state index contributed by atoms with van der Waals surface area (Å²) in [5.74, 6) is 0. The Labute approximate surface area is 242 Å². The fraction of sp³-hybridized carbons (Fsp3) is 0.0345. The van der Waals surface area contributed by atoms with Crippen molar-refractivity contribution in [2.24, 2.45) is 4.99 Å². The van der Waals surface area contributed by atoms with Crippen molar-refractivity contribution in [2.75, 3.05) is 7.05 Å². The molecule has 0 bridgehead atoms. The van der Waals surface area contributed by atoms with Gasteiger partial charge in [0.25, 0.3) is 0 Å². The molecule has 6 rings (SSSR count). The van der Waals surface area contributed by atoms with Crippen LogP contribution in [0.2, 0.25) is 0 Å². The minimum Gasteiger partial charge on any atom is -0.292 e. The van der Waals surface area contributed by atoms with E-state index in [1.54, 1.807) is 30.8 Å². The van der Waals surface area contributed by atoms with E-state index in [0.29, 0.717) is 10.7 Å². The van der Waals surface area contributed by atoms with E-state index in [-0.39, 0.29) is 0 Å². The largest absolute Gasteiger partial charge is 0.292 e. The van der Waals surface area contributed by atoms with Gasteiger partial charge in [0.15, 0.2) is 10.0 Å². The Bertz CT molecular complexity index is 1810. The molecule has 0 spiro atoms. The maximum Gasteiger partial charge on any atom is 0.166 e. The lowest BCUT2D eigenvalue weighted by Gasteiger charge is -2.06. The Morgan fingerprint density at radius 1 is 0.675 bits per heavy atom. The topological polar surface area (TPSA) is 114 Å². The molecule has 11 heteroatoms. The molecule has 0 saturated heterocycles. The Morgan fingerprint density at radius 3 is 2.02 bits per heavy atom. The number of hydrogen-bond acceptors (Lipinski definition) is 11. The number of hydrogen-bond donors (Lipinski definition) is 1. The number of thiophene rings is 1. The van der Waals surface area contributed by atoms with Crippen LogP contribution in [0.4, 0.5) is 0 Å². The Hall–Kier alpha value is -4.45. The minimum absolute atomic E-state index is 0.311. The van der Waals surface area contributed by atoms with Gasteiger partial charge < -0.3 is 0 Å². The maximum absolute atomic E-state index is 8.69. The average Bonchev–Trinajstić information content (AvgIpc) is 3.72. The predicted molar refractivity (Wildman–Crippen MR) is 164 cm³/mol. The molecule has 40 heavy (non-hydrogen) atoms. The molecule has 0 aliphatic rings. The molecule has 0 saturated carbocycles. The summed E-state index contributed by atoms with van der Waals surface area (Å²) in [4.78, 5) is 24.5. The fourth-order valence-corrected chi connectivity index (χ4v) is 6.50. The number of aromatic nitrogens is 6. The summed E-state index contributed by atoms with van der Waals surface area (Å²) in [6.07, 6.45) is 3.49. The van der Waals surface area contributed by atoms with E-state index in [9.17, 15) is 0 Å². The van der Waals surface area contributed by atoms with Gasteiger partial charge in [0.05, 0.1) is 38.2 Å². The monoisotopic (exact) mass is 576 g/mol. The molecule has 6 heterocycles. The molecule has 8 nitrogen and oxygen atoms in total. The van der Waals surface area contributed by atoms with Gasteiger partial charge >= 0.3 is 0 Å². The molecule has 0 unspecified atom stereocenters. The summed E-state index contributed by atoms with van der Waals surface area (Å²) in [7, 11) is 1.73. The summed E-state index contributed by atoms with van der Waals surface area (Å²) in [6.45, 7) is 0. The van der Waals surface area contributed by atoms with Crippen LogP contribution in [0.1, 0.15) is 10.6 Å². The van der Waals surface area contributed by atoms with Gasteiger partial charge in [-0.1, -0.05) is 35.6 Å². The van der Waals surface area contributed by atoms with Gasteiger partial charge in [0.1, 0.15) is 15.8 Å². The summed E-state index contributed by atoms with van der Waals surface area (Å²) >= 11 is 4.33. The molecule has 0 fully saturated rings. The molecule has 6 aromatic heterocycles. The van der Waals surface area contributed by atoms with Gasteiger partial charge in [-0.25, -0.2) is 9.97 Å². The van der Waals surface area contributed by atoms with Gasteiger partial charge in [0, 0.05) is 19.4 Å². The Kier molecular flexibility index (Phi) is 7.58. The second kappa shape index (κ2) is 11.7. The van der Waals surface area contributed by atoms with E-state index in [2.05, 4.69) is 30.1 Å². The van der Waals surface area contributed by atoms with Crippen molar-refractivity contribution in [1.29, 1.82) is 5.41 Å². The fourth-order valence-electron chi connectivity index (χ4n) is 3.78. The van der Waals surface area contributed by atoms with Crippen LogP contribution in [0.15, 0.2) is 102 Å². The summed E-state index contributed by atoms with van der Waals surface area (Å²) < 4.78 is 0. The highest BCUT2D eigenvalue weighted by atomic mass is 32.2. The quantitative estimate of drug-likeness (QED) is 0.168. The van der Waals surface area contributed by atoms with E-state index in [4.69, 9.17) is 10.4 Å². The van der Waals surface area contributed by atoms with Crippen molar-refractivity contribution >= 4 is 44.5 Å². The molecular weight excluding hydrogens is 557 g/mol. The lowest BCUT2D eigenvalue weighted by atomic mass is 10.2. The van der Waals surface area contributed by atoms with Gasteiger partial charge in [-0.15, -0.1) is 21.5 Å². The van der Waals surface area contributed by atoms with Crippen molar-refractivity contribution in [3.05, 3.63) is 108 Å². The second-order valence-corrected chi connectivity index (χ2v) is 11.3. The Balaban J connectivity index is 1.19. The smallest absolute Gasteiger partial charge is 0.166 e. The molecule has 1 N–H and O–H groups in total. The molecule has 194 valence electrons. The van der Waals surface area contributed by atoms with Crippen molar-refractivity contribution in [3.63, 3.8) is 0 Å². The Morgan fingerprint density at radius 2 is 1.32 bits per heavy atom. The van der Waals surface area contributed by atoms with E-state index < -0.39 is 0 Å². The van der Waals surface area contributed by atoms with Crippen LogP contribution in [-0.2, 0) is 0 Å². The van der Waals surface area contributed by atoms with Gasteiger partial charge in [0.2, 0.25) is 0 Å². The molecule has 0 amide bonds. The number of thioether (sulfide) groups is 1. The van der Waals surface area contributed by atoms with Gasteiger partial charge in [-0.05, 0) is 72.4 Å². The normalized spacial score (nSPS) is 11.5. The minimum atomic E-state index is 0.311. The zero-order valence-corrected chi connectivity index (χ0v) is 23.5. The van der Waals surface area contributed by atoms with Crippen molar-refractivity contribution < 1.29 is 0 Å². The van der Waals surface area contributed by atoms with Crippen LogP contribution in [-0.4, -0.2) is 47.3 Å². The SMILES string of the molecule is CN=C(SC(=N)c1cccc(-c2ccccn2)n1)c1ccc(-c2nnc(-c3cccc(-c4ccccn4)n3)s2)s1. The molecule has 0 aromatic carbocycles. The van der Waals surface area contributed by atoms with E-state index in [1.165, 1.54) is 23.1 Å². The third-order valence-corrected chi connectivity index (χ3v) is 9.00. The van der Waals surface area contributed by atoms with Crippen LogP contribution >= 0.6 is 34.4 Å².